The molecule has 0 radical (unpaired) electrons. The highest BCUT2D eigenvalue weighted by atomic mass is 35.5. The van der Waals surface area contributed by atoms with E-state index in [1.165, 1.54) is 0 Å². The van der Waals surface area contributed by atoms with Gasteiger partial charge in [0.25, 0.3) is 0 Å². The standard InChI is InChI=1S/C14H20N2O2.ClH/c15-9-10-18-13-6-1-11(2-7-13)3-8-14(17)16-12-4-5-12;/h1-2,6-7,12H,3-5,8-10,15H2,(H,16,17);1H. The molecule has 5 heteroatoms. The third-order valence-electron chi connectivity index (χ3n) is 2.89. The first-order chi connectivity index (χ1) is 8.78. The molecule has 1 aliphatic carbocycles. The molecule has 1 fully saturated rings. The minimum Gasteiger partial charge on any atom is -0.492 e. The summed E-state index contributed by atoms with van der Waals surface area (Å²) in [5.74, 6) is 0.979. The van der Waals surface area contributed by atoms with E-state index in [9.17, 15) is 4.79 Å². The van der Waals surface area contributed by atoms with Gasteiger partial charge in [0.15, 0.2) is 0 Å². The Labute approximate surface area is 120 Å². The predicted octanol–water partition coefficient (Wildman–Crippen LogP) is 1.66. The third-order valence-corrected chi connectivity index (χ3v) is 2.89. The Morgan fingerprint density at radius 2 is 2.00 bits per heavy atom. The highest BCUT2D eigenvalue weighted by Gasteiger charge is 2.22. The van der Waals surface area contributed by atoms with Crippen molar-refractivity contribution in [1.29, 1.82) is 0 Å². The van der Waals surface area contributed by atoms with Gasteiger partial charge in [-0.05, 0) is 37.0 Å². The highest BCUT2D eigenvalue weighted by Crippen LogP contribution is 2.19. The van der Waals surface area contributed by atoms with Gasteiger partial charge < -0.3 is 15.8 Å². The summed E-state index contributed by atoms with van der Waals surface area (Å²) in [7, 11) is 0. The second kappa shape index (κ2) is 8.02. The average Bonchev–Trinajstić information content (AvgIpc) is 3.19. The summed E-state index contributed by atoms with van der Waals surface area (Å²) in [5, 5.41) is 2.99. The van der Waals surface area contributed by atoms with E-state index in [-0.39, 0.29) is 18.3 Å². The Balaban J connectivity index is 0.00000180. The summed E-state index contributed by atoms with van der Waals surface area (Å²) in [6, 6.07) is 8.28. The van der Waals surface area contributed by atoms with Gasteiger partial charge in [-0.3, -0.25) is 4.79 Å². The lowest BCUT2D eigenvalue weighted by Crippen LogP contribution is -2.25. The Morgan fingerprint density at radius 1 is 1.32 bits per heavy atom. The SMILES string of the molecule is Cl.NCCOc1ccc(CCC(=O)NC2CC2)cc1. The van der Waals surface area contributed by atoms with Crippen LogP contribution in [0.15, 0.2) is 24.3 Å². The number of benzene rings is 1. The molecule has 1 aliphatic rings. The molecule has 19 heavy (non-hydrogen) atoms. The van der Waals surface area contributed by atoms with Crippen molar-refractivity contribution in [1.82, 2.24) is 5.32 Å². The van der Waals surface area contributed by atoms with E-state index >= 15 is 0 Å². The van der Waals surface area contributed by atoms with E-state index < -0.39 is 0 Å². The Hall–Kier alpha value is -1.26. The molecule has 4 nitrogen and oxygen atoms in total. The van der Waals surface area contributed by atoms with Crippen LogP contribution in [0.4, 0.5) is 0 Å². The van der Waals surface area contributed by atoms with Gasteiger partial charge >= 0.3 is 0 Å². The summed E-state index contributed by atoms with van der Waals surface area (Å²) in [5.41, 5.74) is 6.52. The zero-order chi connectivity index (χ0) is 12.8. The van der Waals surface area contributed by atoms with Crippen molar-refractivity contribution >= 4 is 18.3 Å². The van der Waals surface area contributed by atoms with Crippen LogP contribution in [-0.2, 0) is 11.2 Å². The molecule has 2 rings (SSSR count). The molecule has 106 valence electrons. The third kappa shape index (κ3) is 5.94. The van der Waals surface area contributed by atoms with Gasteiger partial charge in [-0.2, -0.15) is 0 Å². The Morgan fingerprint density at radius 3 is 2.58 bits per heavy atom. The summed E-state index contributed by atoms with van der Waals surface area (Å²) in [4.78, 5) is 11.5. The monoisotopic (exact) mass is 284 g/mol. The number of carbonyl (C=O) groups is 1. The molecule has 0 aliphatic heterocycles. The minimum atomic E-state index is 0. The number of carbonyl (C=O) groups excluding carboxylic acids is 1. The van der Waals surface area contributed by atoms with Crippen LogP contribution in [0.25, 0.3) is 0 Å². The molecular formula is C14H21ClN2O2. The summed E-state index contributed by atoms with van der Waals surface area (Å²) >= 11 is 0. The van der Waals surface area contributed by atoms with Gasteiger partial charge in [0.05, 0.1) is 0 Å². The molecule has 0 unspecified atom stereocenters. The molecular weight excluding hydrogens is 264 g/mol. The number of nitrogens with two attached hydrogens (primary N) is 1. The molecule has 3 N–H and O–H groups in total. The number of hydrogen-bond donors (Lipinski definition) is 2. The molecule has 0 aromatic heterocycles. The van der Waals surface area contributed by atoms with Crippen LogP contribution in [0.5, 0.6) is 5.75 Å². The van der Waals surface area contributed by atoms with Gasteiger partial charge in [-0.15, -0.1) is 12.4 Å². The van der Waals surface area contributed by atoms with Gasteiger partial charge in [0.1, 0.15) is 12.4 Å². The van der Waals surface area contributed by atoms with Crippen LogP contribution in [-0.4, -0.2) is 25.1 Å². The summed E-state index contributed by atoms with van der Waals surface area (Å²) in [6.45, 7) is 1.05. The first kappa shape index (κ1) is 15.8. The number of ether oxygens (including phenoxy) is 1. The van der Waals surface area contributed by atoms with Gasteiger partial charge in [-0.25, -0.2) is 0 Å². The van der Waals surface area contributed by atoms with E-state index in [2.05, 4.69) is 5.32 Å². The topological polar surface area (TPSA) is 64.3 Å². The van der Waals surface area contributed by atoms with E-state index in [4.69, 9.17) is 10.5 Å². The van der Waals surface area contributed by atoms with Crippen LogP contribution in [0.3, 0.4) is 0 Å². The fourth-order valence-corrected chi connectivity index (χ4v) is 1.71. The summed E-state index contributed by atoms with van der Waals surface area (Å²) in [6.07, 6.45) is 3.60. The molecule has 0 saturated heterocycles. The summed E-state index contributed by atoms with van der Waals surface area (Å²) < 4.78 is 5.39. The van der Waals surface area contributed by atoms with Crippen LogP contribution < -0.4 is 15.8 Å². The van der Waals surface area contributed by atoms with Crippen molar-refractivity contribution in [2.45, 2.75) is 31.7 Å². The Bertz CT molecular complexity index is 391. The lowest BCUT2D eigenvalue weighted by Gasteiger charge is -2.06. The maximum Gasteiger partial charge on any atom is 0.220 e. The zero-order valence-electron chi connectivity index (χ0n) is 10.9. The number of nitrogens with one attached hydrogen (secondary N) is 1. The van der Waals surface area contributed by atoms with E-state index in [1.807, 2.05) is 24.3 Å². The molecule has 0 bridgehead atoms. The van der Waals surface area contributed by atoms with Crippen LogP contribution in [0.2, 0.25) is 0 Å². The molecule has 1 aromatic carbocycles. The first-order valence-electron chi connectivity index (χ1n) is 6.49. The quantitative estimate of drug-likeness (QED) is 0.800. The molecule has 0 atom stereocenters. The smallest absolute Gasteiger partial charge is 0.220 e. The zero-order valence-corrected chi connectivity index (χ0v) is 11.7. The maximum atomic E-state index is 11.5. The van der Waals surface area contributed by atoms with Crippen molar-refractivity contribution in [3.8, 4) is 5.75 Å². The highest BCUT2D eigenvalue weighted by molar-refractivity contribution is 5.85. The van der Waals surface area contributed by atoms with Crippen molar-refractivity contribution in [2.75, 3.05) is 13.2 Å². The fourth-order valence-electron chi connectivity index (χ4n) is 1.71. The largest absolute Gasteiger partial charge is 0.492 e. The molecule has 1 aromatic rings. The van der Waals surface area contributed by atoms with Gasteiger partial charge in [-0.1, -0.05) is 12.1 Å². The molecule has 1 saturated carbocycles. The van der Waals surface area contributed by atoms with E-state index in [0.717, 1.165) is 30.6 Å². The number of aryl methyl sites for hydroxylation is 1. The number of amides is 1. The predicted molar refractivity (Wildman–Crippen MR) is 77.7 cm³/mol. The first-order valence-corrected chi connectivity index (χ1v) is 6.49. The van der Waals surface area contributed by atoms with Gasteiger partial charge in [0, 0.05) is 19.0 Å². The average molecular weight is 285 g/mol. The van der Waals surface area contributed by atoms with E-state index in [0.29, 0.717) is 25.6 Å². The maximum absolute atomic E-state index is 11.5. The van der Waals surface area contributed by atoms with Crippen LogP contribution in [0, 0.1) is 0 Å². The second-order valence-electron chi connectivity index (χ2n) is 4.62. The number of hydrogen-bond acceptors (Lipinski definition) is 3. The van der Waals surface area contributed by atoms with Crippen molar-refractivity contribution < 1.29 is 9.53 Å². The van der Waals surface area contributed by atoms with Crippen molar-refractivity contribution in [3.05, 3.63) is 29.8 Å². The molecule has 0 spiro atoms. The minimum absolute atomic E-state index is 0. The number of rotatable bonds is 7. The fraction of sp³-hybridized carbons (Fsp3) is 0.500. The van der Waals surface area contributed by atoms with Crippen molar-refractivity contribution in [3.63, 3.8) is 0 Å². The lowest BCUT2D eigenvalue weighted by atomic mass is 10.1. The van der Waals surface area contributed by atoms with Crippen LogP contribution >= 0.6 is 12.4 Å². The lowest BCUT2D eigenvalue weighted by molar-refractivity contribution is -0.121. The number of halogens is 1. The van der Waals surface area contributed by atoms with Gasteiger partial charge in [0.2, 0.25) is 5.91 Å². The van der Waals surface area contributed by atoms with Crippen LogP contribution in [0.1, 0.15) is 24.8 Å². The van der Waals surface area contributed by atoms with Crippen molar-refractivity contribution in [2.24, 2.45) is 5.73 Å². The Kier molecular flexibility index (Phi) is 6.67. The normalized spacial score (nSPS) is 13.5. The molecule has 0 heterocycles. The second-order valence-corrected chi connectivity index (χ2v) is 4.62. The van der Waals surface area contributed by atoms with E-state index in [1.54, 1.807) is 0 Å². The molecule has 1 amide bonds.